The summed E-state index contributed by atoms with van der Waals surface area (Å²) in [5, 5.41) is 10.6. The number of hydrogen-bond donors (Lipinski definition) is 2. The summed E-state index contributed by atoms with van der Waals surface area (Å²) in [7, 11) is 0. The molecule has 2 aromatic carbocycles. The number of amides is 2. The lowest BCUT2D eigenvalue weighted by Crippen LogP contribution is -2.29. The number of benzene rings is 2. The summed E-state index contributed by atoms with van der Waals surface area (Å²) in [6, 6.07) is 16.0. The summed E-state index contributed by atoms with van der Waals surface area (Å²) in [5.41, 5.74) is 2.76. The van der Waals surface area contributed by atoms with Crippen LogP contribution < -0.4 is 20.9 Å². The fourth-order valence-electron chi connectivity index (χ4n) is 3.06. The first kappa shape index (κ1) is 20.5. The first-order valence-electron chi connectivity index (χ1n) is 9.77. The topological polar surface area (TPSA) is 97.6 Å². The molecule has 0 fully saturated rings. The smallest absolute Gasteiger partial charge is 0.319 e. The second kappa shape index (κ2) is 8.97. The molecule has 0 atom stereocenters. The second-order valence-corrected chi connectivity index (χ2v) is 7.70. The molecule has 2 N–H and O–H groups in total. The molecule has 2 aromatic heterocycles. The van der Waals surface area contributed by atoms with Crippen LogP contribution in [0.1, 0.15) is 18.2 Å². The summed E-state index contributed by atoms with van der Waals surface area (Å²) in [5.74, 6) is 0.589. The number of carbonyl (C=O) groups excluding carboxylic acids is 1. The Balaban J connectivity index is 1.50. The molecular formula is C22H21N5O3S. The molecule has 0 saturated heterocycles. The van der Waals surface area contributed by atoms with E-state index >= 15 is 0 Å². The van der Waals surface area contributed by atoms with Gasteiger partial charge < -0.3 is 15.4 Å². The van der Waals surface area contributed by atoms with E-state index in [1.807, 2.05) is 50.2 Å². The molecule has 0 unspecified atom stereocenters. The van der Waals surface area contributed by atoms with Gasteiger partial charge >= 0.3 is 6.03 Å². The number of aromatic nitrogens is 3. The van der Waals surface area contributed by atoms with Crippen molar-refractivity contribution >= 4 is 28.0 Å². The van der Waals surface area contributed by atoms with Crippen molar-refractivity contribution in [3.05, 3.63) is 76.2 Å². The number of para-hydroxylation sites is 2. The number of anilines is 1. The lowest BCUT2D eigenvalue weighted by atomic mass is 10.1. The van der Waals surface area contributed by atoms with Crippen molar-refractivity contribution < 1.29 is 9.53 Å². The average Bonchev–Trinajstić information content (AvgIpc) is 3.19. The molecule has 0 aliphatic heterocycles. The zero-order valence-electron chi connectivity index (χ0n) is 17.1. The van der Waals surface area contributed by atoms with Crippen LogP contribution in [0.4, 0.5) is 10.5 Å². The quantitative estimate of drug-likeness (QED) is 0.479. The van der Waals surface area contributed by atoms with E-state index in [2.05, 4.69) is 20.7 Å². The number of carbonyl (C=O) groups is 1. The Hall–Kier alpha value is -3.72. The van der Waals surface area contributed by atoms with Gasteiger partial charge in [-0.1, -0.05) is 47.7 Å². The van der Waals surface area contributed by atoms with E-state index in [1.165, 1.54) is 21.9 Å². The number of nitrogens with one attached hydrogen (secondary N) is 2. The zero-order valence-corrected chi connectivity index (χ0v) is 17.9. The minimum atomic E-state index is -0.418. The zero-order chi connectivity index (χ0) is 21.8. The van der Waals surface area contributed by atoms with Gasteiger partial charge in [-0.15, -0.1) is 0 Å². The fourth-order valence-corrected chi connectivity index (χ4v) is 4.07. The van der Waals surface area contributed by atoms with Gasteiger partial charge in [-0.05, 0) is 31.5 Å². The van der Waals surface area contributed by atoms with Crippen LogP contribution in [0.2, 0.25) is 0 Å². The highest BCUT2D eigenvalue weighted by atomic mass is 32.1. The van der Waals surface area contributed by atoms with Crippen molar-refractivity contribution in [1.29, 1.82) is 0 Å². The largest absolute Gasteiger partial charge is 0.492 e. The van der Waals surface area contributed by atoms with Gasteiger partial charge in [-0.2, -0.15) is 9.61 Å². The van der Waals surface area contributed by atoms with E-state index in [0.29, 0.717) is 28.7 Å². The Kier molecular flexibility index (Phi) is 5.94. The lowest BCUT2D eigenvalue weighted by molar-refractivity contribution is 0.251. The van der Waals surface area contributed by atoms with Crippen LogP contribution in [0.25, 0.3) is 15.5 Å². The number of urea groups is 1. The molecule has 2 heterocycles. The van der Waals surface area contributed by atoms with Crippen molar-refractivity contribution in [2.24, 2.45) is 0 Å². The maximum Gasteiger partial charge on any atom is 0.319 e. The maximum absolute atomic E-state index is 12.5. The molecule has 0 spiro atoms. The number of aryl methyl sites for hydroxylation is 1. The van der Waals surface area contributed by atoms with Gasteiger partial charge in [-0.25, -0.2) is 9.78 Å². The van der Waals surface area contributed by atoms with Gasteiger partial charge in [0.1, 0.15) is 10.8 Å². The average molecular weight is 436 g/mol. The number of ether oxygens (including phenoxy) is 1. The number of nitrogens with zero attached hydrogens (tertiary/aromatic N) is 3. The third kappa shape index (κ3) is 4.56. The van der Waals surface area contributed by atoms with Gasteiger partial charge in [0.15, 0.2) is 0 Å². The second-order valence-electron chi connectivity index (χ2n) is 6.74. The van der Waals surface area contributed by atoms with E-state index in [-0.39, 0.29) is 12.1 Å². The van der Waals surface area contributed by atoms with E-state index in [4.69, 9.17) is 4.74 Å². The number of fused-ring (bicyclic) bond motifs is 1. The summed E-state index contributed by atoms with van der Waals surface area (Å²) in [6.45, 7) is 4.47. The van der Waals surface area contributed by atoms with Crippen molar-refractivity contribution in [2.75, 3.05) is 11.9 Å². The van der Waals surface area contributed by atoms with Gasteiger partial charge in [0.05, 0.1) is 24.5 Å². The Morgan fingerprint density at radius 2 is 1.94 bits per heavy atom. The first-order chi connectivity index (χ1) is 15.0. The van der Waals surface area contributed by atoms with E-state index in [1.54, 1.807) is 12.1 Å². The van der Waals surface area contributed by atoms with E-state index < -0.39 is 6.03 Å². The minimum Gasteiger partial charge on any atom is -0.492 e. The van der Waals surface area contributed by atoms with Crippen molar-refractivity contribution in [3.8, 4) is 16.3 Å². The molecule has 0 radical (unpaired) electrons. The van der Waals surface area contributed by atoms with Gasteiger partial charge in [0.2, 0.25) is 4.96 Å². The van der Waals surface area contributed by atoms with Crippen molar-refractivity contribution in [1.82, 2.24) is 19.9 Å². The highest BCUT2D eigenvalue weighted by Crippen LogP contribution is 2.27. The van der Waals surface area contributed by atoms with E-state index in [9.17, 15) is 9.59 Å². The summed E-state index contributed by atoms with van der Waals surface area (Å²) >= 11 is 1.33. The van der Waals surface area contributed by atoms with Crippen molar-refractivity contribution in [2.45, 2.75) is 20.4 Å². The monoisotopic (exact) mass is 435 g/mol. The number of hydrogen-bond acceptors (Lipinski definition) is 6. The summed E-state index contributed by atoms with van der Waals surface area (Å²) in [6.07, 6.45) is 0. The summed E-state index contributed by atoms with van der Waals surface area (Å²) < 4.78 is 6.79. The molecule has 9 heteroatoms. The van der Waals surface area contributed by atoms with Gasteiger partial charge in [-0.3, -0.25) is 4.79 Å². The molecule has 0 saturated carbocycles. The SMILES string of the molecule is CCOc1ccccc1NC(=O)NCc1cc(=O)n2nc(-c3ccccc3C)sc2n1. The Bertz CT molecular complexity index is 1300. The molecule has 31 heavy (non-hydrogen) atoms. The highest BCUT2D eigenvalue weighted by molar-refractivity contribution is 7.19. The van der Waals surface area contributed by atoms with Crippen LogP contribution in [-0.2, 0) is 6.54 Å². The predicted molar refractivity (Wildman–Crippen MR) is 121 cm³/mol. The Morgan fingerprint density at radius 1 is 1.16 bits per heavy atom. The molecule has 158 valence electrons. The van der Waals surface area contributed by atoms with Crippen molar-refractivity contribution in [3.63, 3.8) is 0 Å². The normalized spacial score (nSPS) is 10.8. The molecule has 0 aliphatic rings. The van der Waals surface area contributed by atoms with Gasteiger partial charge in [0, 0.05) is 11.6 Å². The fraction of sp³-hybridized carbons (Fsp3) is 0.182. The van der Waals surface area contributed by atoms with Crippen LogP contribution in [-0.4, -0.2) is 27.2 Å². The number of rotatable bonds is 6. The van der Waals surface area contributed by atoms with E-state index in [0.717, 1.165) is 16.1 Å². The maximum atomic E-state index is 12.5. The van der Waals surface area contributed by atoms with Crippen LogP contribution >= 0.6 is 11.3 Å². The molecular weight excluding hydrogens is 414 g/mol. The molecule has 0 bridgehead atoms. The molecule has 0 aliphatic carbocycles. The van der Waals surface area contributed by atoms with Crippen LogP contribution in [0, 0.1) is 6.92 Å². The molecule has 4 aromatic rings. The van der Waals surface area contributed by atoms with Gasteiger partial charge in [0.25, 0.3) is 5.56 Å². The summed E-state index contributed by atoms with van der Waals surface area (Å²) in [4.78, 5) is 29.8. The molecule has 8 nitrogen and oxygen atoms in total. The Labute approximate surface area is 182 Å². The van der Waals surface area contributed by atoms with Crippen LogP contribution in [0.15, 0.2) is 59.4 Å². The highest BCUT2D eigenvalue weighted by Gasteiger charge is 2.13. The Morgan fingerprint density at radius 3 is 2.74 bits per heavy atom. The van der Waals surface area contributed by atoms with Crippen LogP contribution in [0.3, 0.4) is 0 Å². The minimum absolute atomic E-state index is 0.103. The third-order valence-corrected chi connectivity index (χ3v) is 5.48. The molecule has 2 amide bonds. The standard InChI is InChI=1S/C22H21N5O3S/c1-3-30-18-11-7-6-10-17(18)25-21(29)23-13-15-12-19(28)27-22(24-15)31-20(26-27)16-9-5-4-8-14(16)2/h4-12H,3,13H2,1-2H3,(H2,23,25,29). The molecule has 4 rings (SSSR count). The first-order valence-corrected chi connectivity index (χ1v) is 10.6. The van der Waals surface area contributed by atoms with Crippen LogP contribution in [0.5, 0.6) is 5.75 Å². The lowest BCUT2D eigenvalue weighted by Gasteiger charge is -2.11. The third-order valence-electron chi connectivity index (χ3n) is 4.54. The predicted octanol–water partition coefficient (Wildman–Crippen LogP) is 3.85.